The third kappa shape index (κ3) is 7.62. The monoisotopic (exact) mass is 232 g/mol. The normalized spacial score (nSPS) is 14.7. The summed E-state index contributed by atoms with van der Waals surface area (Å²) in [6.07, 6.45) is 2.63. The van der Waals surface area contributed by atoms with Crippen molar-refractivity contribution in [1.29, 1.82) is 0 Å². The third-order valence-corrected chi connectivity index (χ3v) is 2.34. The van der Waals surface area contributed by atoms with Gasteiger partial charge in [0.15, 0.2) is 0 Å². The van der Waals surface area contributed by atoms with E-state index in [1.165, 1.54) is 0 Å². The summed E-state index contributed by atoms with van der Waals surface area (Å²) in [4.78, 5) is 10.9. The van der Waals surface area contributed by atoms with E-state index in [0.29, 0.717) is 26.2 Å². The molecule has 96 valence electrons. The zero-order chi connectivity index (χ0) is 12.4. The van der Waals surface area contributed by atoms with Gasteiger partial charge in [0.05, 0.1) is 18.8 Å². The number of nitrogens with two attached hydrogens (primary N) is 2. The van der Waals surface area contributed by atoms with Crippen LogP contribution in [0.1, 0.15) is 33.1 Å². The van der Waals surface area contributed by atoms with E-state index in [-0.39, 0.29) is 0 Å². The molecule has 0 spiro atoms. The molecule has 0 rings (SSSR count). The Hall–Kier alpha value is -0.650. The highest BCUT2D eigenvalue weighted by molar-refractivity contribution is 5.83. The van der Waals surface area contributed by atoms with Crippen LogP contribution in [0.15, 0.2) is 0 Å². The lowest BCUT2D eigenvalue weighted by molar-refractivity contribution is -0.123. The van der Waals surface area contributed by atoms with Crippen LogP contribution in [-0.4, -0.2) is 37.9 Å². The minimum absolute atomic E-state index is 0.424. The van der Waals surface area contributed by atoms with Crippen LogP contribution < -0.4 is 11.5 Å². The second-order valence-corrected chi connectivity index (χ2v) is 4.11. The first-order valence-corrected chi connectivity index (χ1v) is 5.75. The highest BCUT2D eigenvalue weighted by atomic mass is 16.5. The number of unbranched alkanes of at least 4 members (excludes halogenated alkanes) is 1. The summed E-state index contributed by atoms with van der Waals surface area (Å²) >= 11 is 0. The quantitative estimate of drug-likeness (QED) is 0.534. The molecule has 0 saturated carbocycles. The Morgan fingerprint density at radius 2 is 1.75 bits per heavy atom. The molecule has 0 heterocycles. The molecule has 16 heavy (non-hydrogen) atoms. The van der Waals surface area contributed by atoms with E-state index in [2.05, 4.69) is 6.92 Å². The lowest BCUT2D eigenvalue weighted by atomic mass is 9.99. The van der Waals surface area contributed by atoms with Gasteiger partial charge >= 0.3 is 0 Å². The molecule has 1 unspecified atom stereocenters. The van der Waals surface area contributed by atoms with E-state index in [9.17, 15) is 4.79 Å². The van der Waals surface area contributed by atoms with Gasteiger partial charge in [-0.2, -0.15) is 0 Å². The number of carbonyl (C=O) groups excluding carboxylic acids is 1. The maximum atomic E-state index is 10.9. The average Bonchev–Trinajstić information content (AvgIpc) is 2.21. The van der Waals surface area contributed by atoms with Crippen molar-refractivity contribution in [2.45, 2.75) is 38.6 Å². The average molecular weight is 232 g/mol. The van der Waals surface area contributed by atoms with Gasteiger partial charge in [0.1, 0.15) is 0 Å². The summed E-state index contributed by atoms with van der Waals surface area (Å²) < 4.78 is 10.6. The lowest BCUT2D eigenvalue weighted by Gasteiger charge is -2.19. The number of ether oxygens (including phenoxy) is 2. The molecule has 1 amide bonds. The summed E-state index contributed by atoms with van der Waals surface area (Å²) in [5.41, 5.74) is 9.79. The van der Waals surface area contributed by atoms with Crippen molar-refractivity contribution in [1.82, 2.24) is 0 Å². The van der Waals surface area contributed by atoms with Gasteiger partial charge in [0.25, 0.3) is 0 Å². The molecule has 0 fully saturated rings. The molecular weight excluding hydrogens is 208 g/mol. The minimum Gasteiger partial charge on any atom is -0.379 e. The fourth-order valence-electron chi connectivity index (χ4n) is 0.976. The van der Waals surface area contributed by atoms with Crippen molar-refractivity contribution in [3.8, 4) is 0 Å². The smallest absolute Gasteiger partial charge is 0.237 e. The van der Waals surface area contributed by atoms with Crippen molar-refractivity contribution in [3.63, 3.8) is 0 Å². The van der Waals surface area contributed by atoms with Gasteiger partial charge in [-0.1, -0.05) is 13.3 Å². The first kappa shape index (κ1) is 15.3. The van der Waals surface area contributed by atoms with Gasteiger partial charge in [-0.05, 0) is 19.8 Å². The lowest BCUT2D eigenvalue weighted by Crippen LogP contribution is -2.50. The molecule has 5 heteroatoms. The van der Waals surface area contributed by atoms with Crippen LogP contribution in [0.5, 0.6) is 0 Å². The van der Waals surface area contributed by atoms with Crippen LogP contribution in [0.2, 0.25) is 0 Å². The number of rotatable bonds is 10. The number of carbonyl (C=O) groups is 1. The van der Waals surface area contributed by atoms with Gasteiger partial charge in [-0.15, -0.1) is 0 Å². The largest absolute Gasteiger partial charge is 0.379 e. The Kier molecular flexibility index (Phi) is 8.15. The van der Waals surface area contributed by atoms with Crippen molar-refractivity contribution in [3.05, 3.63) is 0 Å². The molecule has 0 aliphatic heterocycles. The Bertz CT molecular complexity index is 196. The Balaban J connectivity index is 3.30. The van der Waals surface area contributed by atoms with Gasteiger partial charge < -0.3 is 20.9 Å². The Morgan fingerprint density at radius 1 is 1.19 bits per heavy atom. The number of amides is 1. The van der Waals surface area contributed by atoms with Crippen molar-refractivity contribution < 1.29 is 14.3 Å². The molecule has 0 aromatic carbocycles. The molecule has 1 atom stereocenters. The third-order valence-electron chi connectivity index (χ3n) is 2.34. The van der Waals surface area contributed by atoms with E-state index >= 15 is 0 Å². The topological polar surface area (TPSA) is 87.6 Å². The predicted molar refractivity (Wildman–Crippen MR) is 62.9 cm³/mol. The SMILES string of the molecule is CCCCOCCOCCC(C)(N)C(N)=O. The predicted octanol–water partition coefficient (Wildman–Crippen LogP) is 0.413. The molecule has 0 saturated heterocycles. The van der Waals surface area contributed by atoms with E-state index < -0.39 is 11.4 Å². The fourth-order valence-corrected chi connectivity index (χ4v) is 0.976. The van der Waals surface area contributed by atoms with Crippen LogP contribution in [0.25, 0.3) is 0 Å². The molecule has 0 radical (unpaired) electrons. The molecule has 0 aliphatic rings. The van der Waals surface area contributed by atoms with Crippen LogP contribution in [0.4, 0.5) is 0 Å². The fraction of sp³-hybridized carbons (Fsp3) is 0.909. The summed E-state index contributed by atoms with van der Waals surface area (Å²) in [5.74, 6) is -0.504. The molecular formula is C11H24N2O3. The van der Waals surface area contributed by atoms with Crippen molar-refractivity contribution in [2.75, 3.05) is 26.4 Å². The van der Waals surface area contributed by atoms with E-state index in [0.717, 1.165) is 19.4 Å². The maximum absolute atomic E-state index is 10.9. The van der Waals surface area contributed by atoms with Gasteiger partial charge in [0.2, 0.25) is 5.91 Å². The zero-order valence-electron chi connectivity index (χ0n) is 10.3. The highest BCUT2D eigenvalue weighted by Gasteiger charge is 2.24. The Morgan fingerprint density at radius 3 is 2.25 bits per heavy atom. The summed E-state index contributed by atoms with van der Waals surface area (Å²) in [5, 5.41) is 0. The molecule has 0 aliphatic carbocycles. The first-order chi connectivity index (χ1) is 7.50. The first-order valence-electron chi connectivity index (χ1n) is 5.75. The van der Waals surface area contributed by atoms with Gasteiger partial charge in [0, 0.05) is 13.2 Å². The molecule has 0 bridgehead atoms. The minimum atomic E-state index is -0.983. The standard InChI is InChI=1S/C11H24N2O3/c1-3-4-6-15-8-9-16-7-5-11(2,13)10(12)14/h3-9,13H2,1-2H3,(H2,12,14). The second-order valence-electron chi connectivity index (χ2n) is 4.11. The van der Waals surface area contributed by atoms with Crippen LogP contribution in [0.3, 0.4) is 0 Å². The maximum Gasteiger partial charge on any atom is 0.237 e. The summed E-state index contributed by atoms with van der Waals surface area (Å²) in [6, 6.07) is 0. The van der Waals surface area contributed by atoms with E-state index in [4.69, 9.17) is 20.9 Å². The summed E-state index contributed by atoms with van der Waals surface area (Å²) in [7, 11) is 0. The van der Waals surface area contributed by atoms with Crippen LogP contribution in [-0.2, 0) is 14.3 Å². The second kappa shape index (κ2) is 8.50. The van der Waals surface area contributed by atoms with Crippen LogP contribution in [0, 0.1) is 0 Å². The van der Waals surface area contributed by atoms with Gasteiger partial charge in [-0.3, -0.25) is 4.79 Å². The van der Waals surface area contributed by atoms with Gasteiger partial charge in [-0.25, -0.2) is 0 Å². The zero-order valence-corrected chi connectivity index (χ0v) is 10.3. The molecule has 4 N–H and O–H groups in total. The number of hydrogen-bond acceptors (Lipinski definition) is 4. The van der Waals surface area contributed by atoms with Crippen molar-refractivity contribution >= 4 is 5.91 Å². The summed E-state index contributed by atoms with van der Waals surface area (Å²) in [6.45, 7) is 6.03. The Labute approximate surface area is 97.5 Å². The molecule has 0 aromatic heterocycles. The molecule has 5 nitrogen and oxygen atoms in total. The van der Waals surface area contributed by atoms with E-state index in [1.54, 1.807) is 6.92 Å². The van der Waals surface area contributed by atoms with Crippen molar-refractivity contribution in [2.24, 2.45) is 11.5 Å². The highest BCUT2D eigenvalue weighted by Crippen LogP contribution is 2.04. The van der Waals surface area contributed by atoms with Crippen LogP contribution >= 0.6 is 0 Å². The molecule has 0 aromatic rings. The number of primary amides is 1. The number of hydrogen-bond donors (Lipinski definition) is 2. The van der Waals surface area contributed by atoms with E-state index in [1.807, 2.05) is 0 Å².